The number of nitrogens with zero attached hydrogens (tertiary/aromatic N) is 1. The van der Waals surface area contributed by atoms with E-state index in [1.54, 1.807) is 0 Å². The Balaban J connectivity index is 2.05. The van der Waals surface area contributed by atoms with Crippen molar-refractivity contribution in [3.05, 3.63) is 52.9 Å². The molecule has 0 radical (unpaired) electrons. The smallest absolute Gasteiger partial charge is 0.323 e. The second-order valence-electron chi connectivity index (χ2n) is 4.46. The molecule has 1 heterocycles. The highest BCUT2D eigenvalue weighted by atomic mass is 16.1. The largest absolute Gasteiger partial charge is 0.399 e. The van der Waals surface area contributed by atoms with Crippen molar-refractivity contribution >= 4 is 28.1 Å². The van der Waals surface area contributed by atoms with Gasteiger partial charge in [-0.15, -0.1) is 0 Å². The molecule has 3 aromatic rings. The van der Waals surface area contributed by atoms with Gasteiger partial charge in [0.1, 0.15) is 0 Å². The van der Waals surface area contributed by atoms with Gasteiger partial charge in [-0.2, -0.15) is 0 Å². The van der Waals surface area contributed by atoms with E-state index in [0.717, 1.165) is 28.1 Å². The first kappa shape index (κ1) is 11.4. The summed E-state index contributed by atoms with van der Waals surface area (Å²) in [6, 6.07) is 13.4. The van der Waals surface area contributed by atoms with Gasteiger partial charge in [-0.1, -0.05) is 6.07 Å². The summed E-state index contributed by atoms with van der Waals surface area (Å²) in [4.78, 5) is 18.7. The standard InChI is InChI=1S/C14H14N4O/c1-18(10-4-2-3-9(15)7-10)11-5-6-12-13(8-11)17-14(19)16-12/h2-8H,15H2,1H3,(H2,16,17,19). The fourth-order valence-corrected chi connectivity index (χ4v) is 2.11. The SMILES string of the molecule is CN(c1cccc(N)c1)c1ccc2[nH]c(=O)[nH]c2c1. The first-order chi connectivity index (χ1) is 9.13. The summed E-state index contributed by atoms with van der Waals surface area (Å²) in [6.07, 6.45) is 0. The van der Waals surface area contributed by atoms with Crippen LogP contribution in [-0.4, -0.2) is 17.0 Å². The van der Waals surface area contributed by atoms with Gasteiger partial charge in [-0.25, -0.2) is 4.79 Å². The number of fused-ring (bicyclic) bond motifs is 1. The fraction of sp³-hybridized carbons (Fsp3) is 0.0714. The molecule has 5 heteroatoms. The summed E-state index contributed by atoms with van der Waals surface area (Å²) < 4.78 is 0. The molecule has 0 aliphatic heterocycles. The Morgan fingerprint density at radius 2 is 1.74 bits per heavy atom. The zero-order chi connectivity index (χ0) is 13.4. The molecule has 5 nitrogen and oxygen atoms in total. The van der Waals surface area contributed by atoms with E-state index in [9.17, 15) is 4.79 Å². The van der Waals surface area contributed by atoms with Crippen LogP contribution in [-0.2, 0) is 0 Å². The number of imidazole rings is 1. The Morgan fingerprint density at radius 1 is 1.00 bits per heavy atom. The summed E-state index contributed by atoms with van der Waals surface area (Å²) in [6.45, 7) is 0. The maximum atomic E-state index is 11.2. The first-order valence-electron chi connectivity index (χ1n) is 5.95. The number of rotatable bonds is 2. The lowest BCUT2D eigenvalue weighted by Crippen LogP contribution is -2.09. The Hall–Kier alpha value is -2.69. The minimum atomic E-state index is -0.196. The number of hydrogen-bond acceptors (Lipinski definition) is 3. The molecule has 0 amide bonds. The maximum absolute atomic E-state index is 11.2. The quantitative estimate of drug-likeness (QED) is 0.613. The Morgan fingerprint density at radius 3 is 2.53 bits per heavy atom. The van der Waals surface area contributed by atoms with Gasteiger partial charge in [0.25, 0.3) is 0 Å². The molecular formula is C14H14N4O. The third-order valence-electron chi connectivity index (χ3n) is 3.14. The number of benzene rings is 2. The van der Waals surface area contributed by atoms with Crippen molar-refractivity contribution in [2.75, 3.05) is 17.7 Å². The van der Waals surface area contributed by atoms with Gasteiger partial charge in [0.05, 0.1) is 11.0 Å². The zero-order valence-corrected chi connectivity index (χ0v) is 10.5. The van der Waals surface area contributed by atoms with Crippen LogP contribution in [0.1, 0.15) is 0 Å². The summed E-state index contributed by atoms with van der Waals surface area (Å²) in [5.41, 5.74) is 9.88. The average molecular weight is 254 g/mol. The van der Waals surface area contributed by atoms with Crippen LogP contribution < -0.4 is 16.3 Å². The van der Waals surface area contributed by atoms with Gasteiger partial charge in [0, 0.05) is 24.1 Å². The molecule has 0 saturated heterocycles. The molecule has 19 heavy (non-hydrogen) atoms. The van der Waals surface area contributed by atoms with Crippen LogP contribution in [0.4, 0.5) is 17.1 Å². The van der Waals surface area contributed by atoms with E-state index in [-0.39, 0.29) is 5.69 Å². The van der Waals surface area contributed by atoms with Gasteiger partial charge in [0.2, 0.25) is 0 Å². The fourth-order valence-electron chi connectivity index (χ4n) is 2.11. The minimum Gasteiger partial charge on any atom is -0.399 e. The Labute approximate surface area is 109 Å². The van der Waals surface area contributed by atoms with Gasteiger partial charge < -0.3 is 20.6 Å². The number of nitrogens with one attached hydrogen (secondary N) is 2. The van der Waals surface area contributed by atoms with E-state index in [2.05, 4.69) is 9.97 Å². The van der Waals surface area contributed by atoms with E-state index in [1.165, 1.54) is 0 Å². The van der Waals surface area contributed by atoms with Crippen LogP contribution in [0.2, 0.25) is 0 Å². The Kier molecular flexibility index (Phi) is 2.52. The molecule has 0 atom stereocenters. The van der Waals surface area contributed by atoms with Gasteiger partial charge in [-0.3, -0.25) is 0 Å². The number of aromatic nitrogens is 2. The zero-order valence-electron chi connectivity index (χ0n) is 10.5. The highest BCUT2D eigenvalue weighted by Crippen LogP contribution is 2.26. The number of anilines is 3. The second-order valence-corrected chi connectivity index (χ2v) is 4.46. The monoisotopic (exact) mass is 254 g/mol. The van der Waals surface area contributed by atoms with Crippen molar-refractivity contribution < 1.29 is 0 Å². The Bertz CT molecular complexity index is 787. The first-order valence-corrected chi connectivity index (χ1v) is 5.95. The van der Waals surface area contributed by atoms with Crippen LogP contribution in [0.15, 0.2) is 47.3 Å². The number of H-pyrrole nitrogens is 2. The summed E-state index contributed by atoms with van der Waals surface area (Å²) in [5.74, 6) is 0. The van der Waals surface area contributed by atoms with Crippen LogP contribution in [0.5, 0.6) is 0 Å². The lowest BCUT2D eigenvalue weighted by Gasteiger charge is -2.19. The molecule has 1 aromatic heterocycles. The number of hydrogen-bond donors (Lipinski definition) is 3. The van der Waals surface area contributed by atoms with Gasteiger partial charge in [0.15, 0.2) is 0 Å². The summed E-state index contributed by atoms with van der Waals surface area (Å²) in [7, 11) is 1.96. The van der Waals surface area contributed by atoms with Crippen molar-refractivity contribution in [3.63, 3.8) is 0 Å². The van der Waals surface area contributed by atoms with Crippen molar-refractivity contribution in [1.29, 1.82) is 0 Å². The van der Waals surface area contributed by atoms with Crippen LogP contribution in [0.3, 0.4) is 0 Å². The second kappa shape index (κ2) is 4.20. The lowest BCUT2D eigenvalue weighted by atomic mass is 10.2. The molecule has 0 aliphatic carbocycles. The minimum absolute atomic E-state index is 0.196. The highest BCUT2D eigenvalue weighted by Gasteiger charge is 2.06. The molecule has 0 spiro atoms. The molecule has 0 unspecified atom stereocenters. The van der Waals surface area contributed by atoms with Gasteiger partial charge in [-0.05, 0) is 36.4 Å². The van der Waals surface area contributed by atoms with Crippen LogP contribution in [0, 0.1) is 0 Å². The number of nitrogens with two attached hydrogens (primary N) is 1. The van der Waals surface area contributed by atoms with E-state index in [4.69, 9.17) is 5.73 Å². The normalized spacial score (nSPS) is 10.8. The van der Waals surface area contributed by atoms with Crippen LogP contribution in [0.25, 0.3) is 11.0 Å². The number of nitrogen functional groups attached to an aromatic ring is 1. The third-order valence-corrected chi connectivity index (χ3v) is 3.14. The van der Waals surface area contributed by atoms with E-state index < -0.39 is 0 Å². The van der Waals surface area contributed by atoms with Gasteiger partial charge >= 0.3 is 5.69 Å². The van der Waals surface area contributed by atoms with Crippen molar-refractivity contribution in [1.82, 2.24) is 9.97 Å². The van der Waals surface area contributed by atoms with E-state index in [1.807, 2.05) is 54.4 Å². The molecule has 0 fully saturated rings. The molecule has 96 valence electrons. The van der Waals surface area contributed by atoms with E-state index >= 15 is 0 Å². The van der Waals surface area contributed by atoms with E-state index in [0.29, 0.717) is 0 Å². The van der Waals surface area contributed by atoms with Crippen molar-refractivity contribution in [2.24, 2.45) is 0 Å². The molecule has 0 aliphatic rings. The summed E-state index contributed by atoms with van der Waals surface area (Å²) >= 11 is 0. The molecule has 0 saturated carbocycles. The third kappa shape index (κ3) is 2.06. The predicted molar refractivity (Wildman–Crippen MR) is 77.8 cm³/mol. The summed E-state index contributed by atoms with van der Waals surface area (Å²) in [5, 5.41) is 0. The lowest BCUT2D eigenvalue weighted by molar-refractivity contribution is 1.21. The molecule has 3 rings (SSSR count). The topological polar surface area (TPSA) is 77.9 Å². The maximum Gasteiger partial charge on any atom is 0.323 e. The molecule has 0 bridgehead atoms. The van der Waals surface area contributed by atoms with Crippen molar-refractivity contribution in [3.8, 4) is 0 Å². The van der Waals surface area contributed by atoms with Crippen LogP contribution >= 0.6 is 0 Å². The molecule has 4 N–H and O–H groups in total. The predicted octanol–water partition coefficient (Wildman–Crippen LogP) is 2.21. The molecule has 2 aromatic carbocycles. The van der Waals surface area contributed by atoms with Crippen molar-refractivity contribution in [2.45, 2.75) is 0 Å². The molecular weight excluding hydrogens is 240 g/mol. The highest BCUT2D eigenvalue weighted by molar-refractivity contribution is 5.81. The number of aromatic amines is 2. The average Bonchev–Trinajstić information content (AvgIpc) is 2.76.